The van der Waals surface area contributed by atoms with Crippen molar-refractivity contribution in [3.63, 3.8) is 0 Å². The molecule has 6 heteroatoms. The highest BCUT2D eigenvalue weighted by Gasteiger charge is 2.20. The predicted molar refractivity (Wildman–Crippen MR) is 99.9 cm³/mol. The lowest BCUT2D eigenvalue weighted by atomic mass is 9.97. The van der Waals surface area contributed by atoms with Crippen molar-refractivity contribution in [2.75, 3.05) is 5.32 Å². The molecular formula is C19H24N2O3S. The van der Waals surface area contributed by atoms with E-state index in [1.54, 1.807) is 6.92 Å². The molecule has 0 aliphatic heterocycles. The number of carbonyl (C=O) groups is 2. The van der Waals surface area contributed by atoms with Crippen LogP contribution in [0, 0.1) is 6.92 Å². The van der Waals surface area contributed by atoms with Gasteiger partial charge in [-0.2, -0.15) is 0 Å². The van der Waals surface area contributed by atoms with Gasteiger partial charge in [-0.1, -0.05) is 32.0 Å². The van der Waals surface area contributed by atoms with Crippen molar-refractivity contribution in [3.8, 4) is 0 Å². The molecule has 2 atom stereocenters. The smallest absolute Gasteiger partial charge is 0.312 e. The number of hydrogen-bond donors (Lipinski definition) is 1. The van der Waals surface area contributed by atoms with Crippen LogP contribution >= 0.6 is 11.3 Å². The summed E-state index contributed by atoms with van der Waals surface area (Å²) in [7, 11) is 0. The minimum Gasteiger partial charge on any atom is -0.452 e. The molecule has 0 aliphatic carbocycles. The zero-order chi connectivity index (χ0) is 18.4. The van der Waals surface area contributed by atoms with Crippen molar-refractivity contribution in [2.24, 2.45) is 0 Å². The molecule has 2 aromatic rings. The van der Waals surface area contributed by atoms with Crippen LogP contribution in [0.1, 0.15) is 49.4 Å². The number of aromatic nitrogens is 1. The summed E-state index contributed by atoms with van der Waals surface area (Å²) in [6.45, 7) is 7.67. The van der Waals surface area contributed by atoms with E-state index in [1.807, 2.05) is 36.6 Å². The van der Waals surface area contributed by atoms with E-state index in [1.165, 1.54) is 11.3 Å². The quantitative estimate of drug-likeness (QED) is 0.756. The fourth-order valence-corrected chi connectivity index (χ4v) is 3.04. The van der Waals surface area contributed by atoms with E-state index in [4.69, 9.17) is 4.74 Å². The lowest BCUT2D eigenvalue weighted by Crippen LogP contribution is -2.31. The Bertz CT molecular complexity index is 742. The van der Waals surface area contributed by atoms with Crippen molar-refractivity contribution >= 4 is 28.9 Å². The van der Waals surface area contributed by atoms with Gasteiger partial charge in [-0.25, -0.2) is 4.98 Å². The van der Waals surface area contributed by atoms with Gasteiger partial charge < -0.3 is 10.1 Å². The van der Waals surface area contributed by atoms with E-state index in [9.17, 15) is 9.59 Å². The number of thiazole rings is 1. The molecule has 0 radical (unpaired) electrons. The van der Waals surface area contributed by atoms with Gasteiger partial charge in [0.25, 0.3) is 5.91 Å². The molecule has 2 rings (SSSR count). The van der Waals surface area contributed by atoms with Gasteiger partial charge in [-0.3, -0.25) is 9.59 Å². The molecule has 0 saturated carbocycles. The van der Waals surface area contributed by atoms with Gasteiger partial charge in [0.1, 0.15) is 0 Å². The van der Waals surface area contributed by atoms with Gasteiger partial charge >= 0.3 is 5.97 Å². The number of nitrogens with zero attached hydrogens (tertiary/aromatic N) is 1. The van der Waals surface area contributed by atoms with Gasteiger partial charge in [0.05, 0.1) is 17.1 Å². The molecule has 1 heterocycles. The van der Waals surface area contributed by atoms with Crippen LogP contribution in [0.25, 0.3) is 0 Å². The van der Waals surface area contributed by atoms with Gasteiger partial charge in [-0.05, 0) is 37.8 Å². The molecule has 5 nitrogen and oxygen atoms in total. The third kappa shape index (κ3) is 5.39. The van der Waals surface area contributed by atoms with E-state index in [-0.39, 0.29) is 12.3 Å². The Hall–Kier alpha value is -2.21. The van der Waals surface area contributed by atoms with E-state index in [0.29, 0.717) is 11.6 Å². The lowest BCUT2D eigenvalue weighted by Gasteiger charge is -2.18. The molecule has 0 bridgehead atoms. The number of anilines is 1. The Balaban J connectivity index is 1.95. The maximum Gasteiger partial charge on any atom is 0.312 e. The van der Waals surface area contributed by atoms with Crippen LogP contribution in [0.3, 0.4) is 0 Å². The van der Waals surface area contributed by atoms with E-state index >= 15 is 0 Å². The third-order valence-corrected chi connectivity index (χ3v) is 4.85. The van der Waals surface area contributed by atoms with Crippen LogP contribution in [0.4, 0.5) is 5.69 Å². The SMILES string of the molecule is CCC(C)c1ccccc1NC(=O)C(C)OC(=O)Cc1csc(C)n1. The Labute approximate surface area is 152 Å². The lowest BCUT2D eigenvalue weighted by molar-refractivity contribution is -0.152. The van der Waals surface area contributed by atoms with Crippen molar-refractivity contribution in [1.82, 2.24) is 4.98 Å². The van der Waals surface area contributed by atoms with Crippen molar-refractivity contribution < 1.29 is 14.3 Å². The summed E-state index contributed by atoms with van der Waals surface area (Å²) in [6.07, 6.45) is 0.188. The highest BCUT2D eigenvalue weighted by Crippen LogP contribution is 2.26. The zero-order valence-electron chi connectivity index (χ0n) is 15.0. The number of ether oxygens (including phenoxy) is 1. The van der Waals surface area contributed by atoms with Crippen LogP contribution in [0.5, 0.6) is 0 Å². The summed E-state index contributed by atoms with van der Waals surface area (Å²) in [6, 6.07) is 7.70. The Morgan fingerprint density at radius 2 is 2.00 bits per heavy atom. The predicted octanol–water partition coefficient (Wildman–Crippen LogP) is 4.08. The first kappa shape index (κ1) is 19.1. The van der Waals surface area contributed by atoms with Crippen molar-refractivity contribution in [3.05, 3.63) is 45.9 Å². The second kappa shape index (κ2) is 8.76. The van der Waals surface area contributed by atoms with E-state index in [2.05, 4.69) is 24.1 Å². The van der Waals surface area contributed by atoms with Gasteiger partial charge in [0.15, 0.2) is 6.10 Å². The largest absolute Gasteiger partial charge is 0.452 e. The van der Waals surface area contributed by atoms with E-state index in [0.717, 1.165) is 22.7 Å². The Morgan fingerprint density at radius 1 is 1.28 bits per heavy atom. The first-order valence-electron chi connectivity index (χ1n) is 8.41. The Morgan fingerprint density at radius 3 is 2.64 bits per heavy atom. The minimum atomic E-state index is -0.864. The second-order valence-corrected chi connectivity index (χ2v) is 7.11. The number of carbonyl (C=O) groups excluding carboxylic acids is 2. The molecule has 134 valence electrons. The van der Waals surface area contributed by atoms with Gasteiger partial charge in [0, 0.05) is 11.1 Å². The topological polar surface area (TPSA) is 68.3 Å². The zero-order valence-corrected chi connectivity index (χ0v) is 15.9. The molecule has 0 saturated heterocycles. The summed E-state index contributed by atoms with van der Waals surface area (Å²) < 4.78 is 5.24. The first-order valence-corrected chi connectivity index (χ1v) is 9.29. The van der Waals surface area contributed by atoms with Crippen molar-refractivity contribution in [2.45, 2.75) is 52.6 Å². The summed E-state index contributed by atoms with van der Waals surface area (Å²) in [5.74, 6) is -0.455. The number of esters is 1. The number of rotatable bonds is 7. The maximum absolute atomic E-state index is 12.4. The average molecular weight is 360 g/mol. The molecular weight excluding hydrogens is 336 g/mol. The maximum atomic E-state index is 12.4. The molecule has 1 N–H and O–H groups in total. The fraction of sp³-hybridized carbons (Fsp3) is 0.421. The Kier molecular flexibility index (Phi) is 6.70. The number of nitrogens with one attached hydrogen (secondary N) is 1. The molecule has 25 heavy (non-hydrogen) atoms. The molecule has 1 aromatic carbocycles. The molecule has 0 fully saturated rings. The number of benzene rings is 1. The summed E-state index contributed by atoms with van der Waals surface area (Å²) in [5, 5.41) is 5.59. The summed E-state index contributed by atoms with van der Waals surface area (Å²) in [5.41, 5.74) is 2.51. The van der Waals surface area contributed by atoms with Gasteiger partial charge in [0.2, 0.25) is 0 Å². The molecule has 0 spiro atoms. The molecule has 1 amide bonds. The average Bonchev–Trinajstić information content (AvgIpc) is 2.99. The molecule has 2 unspecified atom stereocenters. The molecule has 0 aliphatic rings. The first-order chi connectivity index (χ1) is 11.9. The van der Waals surface area contributed by atoms with Gasteiger partial charge in [-0.15, -0.1) is 11.3 Å². The molecule has 1 aromatic heterocycles. The van der Waals surface area contributed by atoms with Crippen LogP contribution < -0.4 is 5.32 Å². The highest BCUT2D eigenvalue weighted by molar-refractivity contribution is 7.09. The van der Waals surface area contributed by atoms with Crippen molar-refractivity contribution in [1.29, 1.82) is 0 Å². The number of amides is 1. The third-order valence-electron chi connectivity index (χ3n) is 4.03. The number of hydrogen-bond acceptors (Lipinski definition) is 5. The van der Waals surface area contributed by atoms with Crippen LogP contribution in [0.2, 0.25) is 0 Å². The standard InChI is InChI=1S/C19H24N2O3S/c1-5-12(2)16-8-6-7-9-17(16)21-19(23)13(3)24-18(22)10-15-11-25-14(4)20-15/h6-9,11-13H,5,10H2,1-4H3,(H,21,23). The number of para-hydroxylation sites is 1. The van der Waals surface area contributed by atoms with Crippen LogP contribution in [-0.4, -0.2) is 23.0 Å². The minimum absolute atomic E-state index is 0.0748. The van der Waals surface area contributed by atoms with Crippen LogP contribution in [-0.2, 0) is 20.7 Å². The normalized spacial score (nSPS) is 13.1. The van der Waals surface area contributed by atoms with E-state index < -0.39 is 12.1 Å². The monoisotopic (exact) mass is 360 g/mol. The summed E-state index contributed by atoms with van der Waals surface area (Å²) >= 11 is 1.48. The van der Waals surface area contributed by atoms with Crippen LogP contribution in [0.15, 0.2) is 29.6 Å². The second-order valence-electron chi connectivity index (χ2n) is 6.05. The number of aryl methyl sites for hydroxylation is 1. The summed E-state index contributed by atoms with van der Waals surface area (Å²) in [4.78, 5) is 28.6. The highest BCUT2D eigenvalue weighted by atomic mass is 32.1. The fourth-order valence-electron chi connectivity index (χ4n) is 2.42.